The van der Waals surface area contributed by atoms with E-state index in [9.17, 15) is 9.50 Å². The Bertz CT molecular complexity index is 619. The van der Waals surface area contributed by atoms with Gasteiger partial charge in [0, 0.05) is 5.56 Å². The maximum absolute atomic E-state index is 13.9. The first-order chi connectivity index (χ1) is 9.56. The zero-order valence-electron chi connectivity index (χ0n) is 11.4. The minimum absolute atomic E-state index is 0.0943. The number of halogens is 1. The van der Waals surface area contributed by atoms with E-state index in [1.165, 1.54) is 32.5 Å². The molecule has 2 aromatic rings. The zero-order chi connectivity index (χ0) is 14.7. The number of aryl methyl sites for hydroxylation is 1. The molecule has 1 heterocycles. The predicted molar refractivity (Wildman–Crippen MR) is 70.3 cm³/mol. The van der Waals surface area contributed by atoms with Crippen LogP contribution in [0, 0.1) is 12.7 Å². The Hall–Kier alpha value is -2.21. The summed E-state index contributed by atoms with van der Waals surface area (Å²) in [5.74, 6) is -0.156. The molecule has 106 valence electrons. The molecule has 0 bridgehead atoms. The Morgan fingerprint density at radius 3 is 2.60 bits per heavy atom. The smallest absolute Gasteiger partial charge is 0.241 e. The van der Waals surface area contributed by atoms with E-state index in [0.717, 1.165) is 5.56 Å². The first-order valence-corrected chi connectivity index (χ1v) is 5.96. The molecule has 0 aliphatic heterocycles. The van der Waals surface area contributed by atoms with Crippen LogP contribution < -0.4 is 9.47 Å². The summed E-state index contributed by atoms with van der Waals surface area (Å²) >= 11 is 0. The van der Waals surface area contributed by atoms with Gasteiger partial charge in [-0.3, -0.25) is 0 Å². The highest BCUT2D eigenvalue weighted by Crippen LogP contribution is 2.29. The van der Waals surface area contributed by atoms with Gasteiger partial charge < -0.3 is 14.6 Å². The van der Waals surface area contributed by atoms with Gasteiger partial charge in [-0.15, -0.1) is 0 Å². The summed E-state index contributed by atoms with van der Waals surface area (Å²) in [4.78, 5) is 8.05. The average molecular weight is 278 g/mol. The van der Waals surface area contributed by atoms with Gasteiger partial charge in [0.15, 0.2) is 0 Å². The SMILES string of the molecule is COc1cnc(C(O)c2ccc(C)cc2F)c(OC)n1. The first kappa shape index (κ1) is 14.2. The molecule has 0 spiro atoms. The van der Waals surface area contributed by atoms with Crippen LogP contribution in [0.25, 0.3) is 0 Å². The topological polar surface area (TPSA) is 64.5 Å². The van der Waals surface area contributed by atoms with E-state index in [0.29, 0.717) is 0 Å². The molecule has 0 saturated carbocycles. The van der Waals surface area contributed by atoms with Crippen LogP contribution in [-0.2, 0) is 0 Å². The number of methoxy groups -OCH3 is 2. The van der Waals surface area contributed by atoms with Crippen LogP contribution in [0.5, 0.6) is 11.8 Å². The molecule has 0 amide bonds. The molecule has 0 fully saturated rings. The summed E-state index contributed by atoms with van der Waals surface area (Å²) in [6, 6.07) is 4.58. The molecule has 0 radical (unpaired) electrons. The lowest BCUT2D eigenvalue weighted by Crippen LogP contribution is -2.09. The number of nitrogens with zero attached hydrogens (tertiary/aromatic N) is 2. The molecule has 0 aliphatic rings. The van der Waals surface area contributed by atoms with Crippen LogP contribution in [0.1, 0.15) is 22.9 Å². The van der Waals surface area contributed by atoms with Crippen molar-refractivity contribution in [3.8, 4) is 11.8 Å². The summed E-state index contributed by atoms with van der Waals surface area (Å²) < 4.78 is 23.9. The number of aromatic nitrogens is 2. The fourth-order valence-corrected chi connectivity index (χ4v) is 1.80. The summed E-state index contributed by atoms with van der Waals surface area (Å²) in [6.45, 7) is 1.77. The highest BCUT2D eigenvalue weighted by Gasteiger charge is 2.22. The van der Waals surface area contributed by atoms with Crippen molar-refractivity contribution >= 4 is 0 Å². The third-order valence-corrected chi connectivity index (χ3v) is 2.86. The Balaban J connectivity index is 2.44. The van der Waals surface area contributed by atoms with Crippen LogP contribution in [0.4, 0.5) is 4.39 Å². The molecule has 1 aromatic carbocycles. The number of ether oxygens (including phenoxy) is 2. The monoisotopic (exact) mass is 278 g/mol. The number of aliphatic hydroxyl groups is 1. The Kier molecular flexibility index (Phi) is 4.14. The number of rotatable bonds is 4. The van der Waals surface area contributed by atoms with Crippen molar-refractivity contribution in [3.05, 3.63) is 47.0 Å². The molecule has 1 N–H and O–H groups in total. The lowest BCUT2D eigenvalue weighted by Gasteiger charge is -2.14. The van der Waals surface area contributed by atoms with Gasteiger partial charge in [-0.2, -0.15) is 4.98 Å². The van der Waals surface area contributed by atoms with Crippen LogP contribution in [-0.4, -0.2) is 29.3 Å². The second kappa shape index (κ2) is 5.83. The molecule has 6 heteroatoms. The van der Waals surface area contributed by atoms with Crippen LogP contribution in [0.2, 0.25) is 0 Å². The molecular weight excluding hydrogens is 263 g/mol. The number of benzene rings is 1. The quantitative estimate of drug-likeness (QED) is 0.927. The van der Waals surface area contributed by atoms with Crippen LogP contribution >= 0.6 is 0 Å². The van der Waals surface area contributed by atoms with Crippen molar-refractivity contribution < 1.29 is 19.0 Å². The second-order valence-electron chi connectivity index (χ2n) is 4.23. The lowest BCUT2D eigenvalue weighted by molar-refractivity contribution is 0.201. The van der Waals surface area contributed by atoms with Gasteiger partial charge in [-0.25, -0.2) is 9.37 Å². The van der Waals surface area contributed by atoms with E-state index in [-0.39, 0.29) is 23.0 Å². The van der Waals surface area contributed by atoms with E-state index in [2.05, 4.69) is 9.97 Å². The summed E-state index contributed by atoms with van der Waals surface area (Å²) in [6.07, 6.45) is 0.0802. The maximum Gasteiger partial charge on any atom is 0.241 e. The fourth-order valence-electron chi connectivity index (χ4n) is 1.80. The first-order valence-electron chi connectivity index (χ1n) is 5.96. The minimum Gasteiger partial charge on any atom is -0.480 e. The van der Waals surface area contributed by atoms with Crippen molar-refractivity contribution in [1.29, 1.82) is 0 Å². The third-order valence-electron chi connectivity index (χ3n) is 2.86. The van der Waals surface area contributed by atoms with E-state index >= 15 is 0 Å². The van der Waals surface area contributed by atoms with Gasteiger partial charge in [0.2, 0.25) is 11.8 Å². The molecule has 5 nitrogen and oxygen atoms in total. The molecule has 1 aromatic heterocycles. The van der Waals surface area contributed by atoms with Crippen LogP contribution in [0.3, 0.4) is 0 Å². The largest absolute Gasteiger partial charge is 0.480 e. The number of hydrogen-bond donors (Lipinski definition) is 1. The molecule has 0 saturated heterocycles. The van der Waals surface area contributed by atoms with Crippen molar-refractivity contribution in [2.75, 3.05) is 14.2 Å². The Labute approximate surface area is 116 Å². The maximum atomic E-state index is 13.9. The van der Waals surface area contributed by atoms with Gasteiger partial charge >= 0.3 is 0 Å². The van der Waals surface area contributed by atoms with E-state index < -0.39 is 11.9 Å². The standard InChI is InChI=1S/C14H15FN2O3/c1-8-4-5-9(10(15)6-8)13(18)12-14(20-3)17-11(19-2)7-16-12/h4-7,13,18H,1-3H3. The second-order valence-corrected chi connectivity index (χ2v) is 4.23. The van der Waals surface area contributed by atoms with E-state index in [1.54, 1.807) is 13.0 Å². The van der Waals surface area contributed by atoms with Gasteiger partial charge in [0.25, 0.3) is 0 Å². The fraction of sp³-hybridized carbons (Fsp3) is 0.286. The third kappa shape index (κ3) is 2.70. The van der Waals surface area contributed by atoms with Crippen LogP contribution in [0.15, 0.2) is 24.4 Å². The Morgan fingerprint density at radius 2 is 2.00 bits per heavy atom. The van der Waals surface area contributed by atoms with Crippen molar-refractivity contribution in [2.45, 2.75) is 13.0 Å². The molecule has 1 unspecified atom stereocenters. The average Bonchev–Trinajstić information content (AvgIpc) is 2.46. The molecule has 0 aliphatic carbocycles. The van der Waals surface area contributed by atoms with Crippen molar-refractivity contribution in [1.82, 2.24) is 9.97 Å². The minimum atomic E-state index is -1.26. The van der Waals surface area contributed by atoms with Crippen molar-refractivity contribution in [2.24, 2.45) is 0 Å². The highest BCUT2D eigenvalue weighted by atomic mass is 19.1. The predicted octanol–water partition coefficient (Wildman–Crippen LogP) is 2.02. The zero-order valence-corrected chi connectivity index (χ0v) is 11.4. The van der Waals surface area contributed by atoms with Gasteiger partial charge in [-0.05, 0) is 18.6 Å². The van der Waals surface area contributed by atoms with Gasteiger partial charge in [0.1, 0.15) is 17.6 Å². The van der Waals surface area contributed by atoms with Crippen molar-refractivity contribution in [3.63, 3.8) is 0 Å². The van der Waals surface area contributed by atoms with Gasteiger partial charge in [-0.1, -0.05) is 12.1 Å². The van der Waals surface area contributed by atoms with E-state index in [4.69, 9.17) is 9.47 Å². The summed E-state index contributed by atoms with van der Waals surface area (Å²) in [5, 5.41) is 10.3. The molecule has 20 heavy (non-hydrogen) atoms. The summed E-state index contributed by atoms with van der Waals surface area (Å²) in [5.41, 5.74) is 1.02. The van der Waals surface area contributed by atoms with E-state index in [1.807, 2.05) is 0 Å². The number of hydrogen-bond acceptors (Lipinski definition) is 5. The number of aliphatic hydroxyl groups excluding tert-OH is 1. The molecular formula is C14H15FN2O3. The normalized spacial score (nSPS) is 12.1. The molecule has 2 rings (SSSR count). The highest BCUT2D eigenvalue weighted by molar-refractivity contribution is 5.34. The lowest BCUT2D eigenvalue weighted by atomic mass is 10.0. The summed E-state index contributed by atoms with van der Waals surface area (Å²) in [7, 11) is 2.84. The molecule has 1 atom stereocenters. The van der Waals surface area contributed by atoms with Gasteiger partial charge in [0.05, 0.1) is 20.4 Å². The Morgan fingerprint density at radius 1 is 1.25 bits per heavy atom.